The number of hydrogen-bond donors (Lipinski definition) is 8. The van der Waals surface area contributed by atoms with Gasteiger partial charge in [0.05, 0.1) is 12.6 Å². The van der Waals surface area contributed by atoms with Crippen LogP contribution in [0.3, 0.4) is 0 Å². The summed E-state index contributed by atoms with van der Waals surface area (Å²) in [7, 11) is 0. The Morgan fingerprint density at radius 3 is 2.25 bits per heavy atom. The van der Waals surface area contributed by atoms with Crippen molar-refractivity contribution < 1.29 is 34.2 Å². The highest BCUT2D eigenvalue weighted by molar-refractivity contribution is 5.95. The molecule has 4 amide bonds. The van der Waals surface area contributed by atoms with Crippen LogP contribution in [0.25, 0.3) is 0 Å². The van der Waals surface area contributed by atoms with Crippen molar-refractivity contribution in [3.8, 4) is 0 Å². The van der Waals surface area contributed by atoms with E-state index in [4.69, 9.17) is 17.2 Å². The second kappa shape index (κ2) is 17.8. The molecule has 1 fully saturated rings. The van der Waals surface area contributed by atoms with E-state index in [9.17, 15) is 34.2 Å². The lowest BCUT2D eigenvalue weighted by atomic mass is 10.00. The molecule has 0 spiro atoms. The van der Waals surface area contributed by atoms with Gasteiger partial charge in [-0.15, -0.1) is 0 Å². The van der Waals surface area contributed by atoms with Crippen LogP contribution in [0.4, 0.5) is 0 Å². The van der Waals surface area contributed by atoms with Gasteiger partial charge in [-0.1, -0.05) is 44.2 Å². The minimum atomic E-state index is -1.51. The summed E-state index contributed by atoms with van der Waals surface area (Å²) in [5.41, 5.74) is 17.5. The number of nitrogens with one attached hydrogen (secondary N) is 3. The van der Waals surface area contributed by atoms with Crippen LogP contribution in [0.2, 0.25) is 0 Å². The summed E-state index contributed by atoms with van der Waals surface area (Å²) < 4.78 is 0. The van der Waals surface area contributed by atoms with Gasteiger partial charge in [0, 0.05) is 19.5 Å². The summed E-state index contributed by atoms with van der Waals surface area (Å²) >= 11 is 0. The van der Waals surface area contributed by atoms with Gasteiger partial charge in [0.1, 0.15) is 24.2 Å². The first-order valence-electron chi connectivity index (χ1n) is 14.7. The Labute approximate surface area is 257 Å². The van der Waals surface area contributed by atoms with Crippen molar-refractivity contribution in [2.24, 2.45) is 28.1 Å². The number of amides is 4. The van der Waals surface area contributed by atoms with Crippen molar-refractivity contribution in [1.29, 1.82) is 0 Å². The number of nitrogens with two attached hydrogens (primary N) is 3. The number of carboxylic acid groups (broad SMARTS) is 1. The summed E-state index contributed by atoms with van der Waals surface area (Å²) in [4.78, 5) is 69.8. The van der Waals surface area contributed by atoms with Crippen LogP contribution in [-0.4, -0.2) is 101 Å². The molecule has 1 aliphatic rings. The maximum Gasteiger partial charge on any atom is 0.328 e. The molecule has 15 nitrogen and oxygen atoms in total. The maximum absolute atomic E-state index is 13.8. The number of carbonyl (C=O) groups is 5. The number of carboxylic acids is 1. The third kappa shape index (κ3) is 11.4. The topological polar surface area (TPSA) is 256 Å². The Morgan fingerprint density at radius 1 is 1.00 bits per heavy atom. The maximum atomic E-state index is 13.8. The first-order valence-corrected chi connectivity index (χ1v) is 14.7. The fourth-order valence-corrected chi connectivity index (χ4v) is 4.91. The van der Waals surface area contributed by atoms with Crippen molar-refractivity contribution in [2.75, 3.05) is 19.7 Å². The van der Waals surface area contributed by atoms with Crippen LogP contribution >= 0.6 is 0 Å². The quantitative estimate of drug-likeness (QED) is 0.0551. The molecule has 1 heterocycles. The highest BCUT2D eigenvalue weighted by Gasteiger charge is 2.39. The molecule has 0 aliphatic carbocycles. The molecule has 44 heavy (non-hydrogen) atoms. The lowest BCUT2D eigenvalue weighted by molar-refractivity contribution is -0.145. The molecule has 15 heteroatoms. The summed E-state index contributed by atoms with van der Waals surface area (Å²) in [6.45, 7) is 3.48. The normalized spacial score (nSPS) is 17.2. The van der Waals surface area contributed by atoms with Crippen molar-refractivity contribution in [1.82, 2.24) is 20.9 Å². The molecule has 244 valence electrons. The smallest absolute Gasteiger partial charge is 0.328 e. The Hall–Kier alpha value is -4.24. The lowest BCUT2D eigenvalue weighted by Gasteiger charge is -2.31. The van der Waals surface area contributed by atoms with Gasteiger partial charge in [-0.3, -0.25) is 24.2 Å². The molecule has 1 aromatic rings. The van der Waals surface area contributed by atoms with Crippen molar-refractivity contribution in [2.45, 2.75) is 82.6 Å². The molecule has 1 saturated heterocycles. The van der Waals surface area contributed by atoms with E-state index in [0.29, 0.717) is 25.8 Å². The third-order valence-corrected chi connectivity index (χ3v) is 7.18. The van der Waals surface area contributed by atoms with Crippen LogP contribution < -0.4 is 33.2 Å². The van der Waals surface area contributed by atoms with Crippen molar-refractivity contribution in [3.63, 3.8) is 0 Å². The number of aliphatic carboxylic acids is 1. The molecule has 0 radical (unpaired) electrons. The van der Waals surface area contributed by atoms with E-state index in [1.54, 1.807) is 12.1 Å². The fourth-order valence-electron chi connectivity index (χ4n) is 4.91. The summed E-state index contributed by atoms with van der Waals surface area (Å²) in [6, 6.07) is 3.57. The number of likely N-dealkylation sites (tertiary alicyclic amines) is 1. The van der Waals surface area contributed by atoms with Gasteiger partial charge >= 0.3 is 5.97 Å². The first-order chi connectivity index (χ1) is 20.8. The van der Waals surface area contributed by atoms with Crippen molar-refractivity contribution >= 4 is 35.6 Å². The Bertz CT molecular complexity index is 1160. The zero-order valence-electron chi connectivity index (χ0n) is 25.3. The van der Waals surface area contributed by atoms with E-state index < -0.39 is 66.4 Å². The molecular weight excluding hydrogens is 572 g/mol. The average Bonchev–Trinajstić information content (AvgIpc) is 3.47. The van der Waals surface area contributed by atoms with Crippen molar-refractivity contribution in [3.05, 3.63) is 35.9 Å². The fraction of sp³-hybridized carbons (Fsp3) is 0.586. The molecule has 1 aliphatic heterocycles. The Kier molecular flexibility index (Phi) is 14.5. The molecule has 2 rings (SSSR count). The predicted octanol–water partition coefficient (Wildman–Crippen LogP) is -1.82. The van der Waals surface area contributed by atoms with Gasteiger partial charge in [-0.25, -0.2) is 4.79 Å². The lowest BCUT2D eigenvalue weighted by Crippen LogP contribution is -2.59. The molecule has 11 N–H and O–H groups in total. The summed E-state index contributed by atoms with van der Waals surface area (Å²) in [5.74, 6) is -3.83. The highest BCUT2D eigenvalue weighted by atomic mass is 16.4. The molecule has 0 bridgehead atoms. The van der Waals surface area contributed by atoms with Crippen LogP contribution in [-0.2, 0) is 30.4 Å². The van der Waals surface area contributed by atoms with Gasteiger partial charge in [-0.05, 0) is 43.6 Å². The van der Waals surface area contributed by atoms with Crippen LogP contribution in [0.1, 0.15) is 51.5 Å². The number of guanidine groups is 1. The Morgan fingerprint density at radius 2 is 1.66 bits per heavy atom. The van der Waals surface area contributed by atoms with Gasteiger partial charge in [0.2, 0.25) is 23.6 Å². The highest BCUT2D eigenvalue weighted by Crippen LogP contribution is 2.21. The van der Waals surface area contributed by atoms with Crippen LogP contribution in [0.15, 0.2) is 35.3 Å². The first kappa shape index (κ1) is 36.0. The zero-order valence-corrected chi connectivity index (χ0v) is 25.3. The van der Waals surface area contributed by atoms with Gasteiger partial charge in [0.25, 0.3) is 0 Å². The van der Waals surface area contributed by atoms with E-state index >= 15 is 0 Å². The number of carbonyl (C=O) groups excluding carboxylic acids is 4. The number of aliphatic hydroxyl groups is 1. The Balaban J connectivity index is 2.21. The SMILES string of the molecule is CC(C)C[C@H](NC(=O)[C@H](Cc1ccccc1)NC(=O)[C@@H](N)CCCN=C(N)N)C(=O)N1CCC[C@H]1C(=O)N[C@@H](CO)C(=O)O. The van der Waals surface area contributed by atoms with Crippen LogP contribution in [0.5, 0.6) is 0 Å². The monoisotopic (exact) mass is 618 g/mol. The second-order valence-corrected chi connectivity index (χ2v) is 11.3. The van der Waals surface area contributed by atoms with Gasteiger partial charge < -0.3 is 48.3 Å². The number of aliphatic imine (C=N–C) groups is 1. The number of hydrogen-bond acceptors (Lipinski definition) is 8. The molecule has 0 unspecified atom stereocenters. The molecule has 0 saturated carbocycles. The minimum absolute atomic E-state index is 0.0225. The third-order valence-electron chi connectivity index (χ3n) is 7.18. The predicted molar refractivity (Wildman–Crippen MR) is 163 cm³/mol. The largest absolute Gasteiger partial charge is 0.480 e. The summed E-state index contributed by atoms with van der Waals surface area (Å²) in [6.07, 6.45) is 1.90. The average molecular weight is 619 g/mol. The molecular formula is C29H46N8O7. The number of nitrogens with zero attached hydrogens (tertiary/aromatic N) is 2. The number of benzene rings is 1. The minimum Gasteiger partial charge on any atom is -0.480 e. The van der Waals surface area contributed by atoms with E-state index in [1.165, 1.54) is 4.90 Å². The molecule has 1 aromatic carbocycles. The van der Waals surface area contributed by atoms with E-state index in [1.807, 2.05) is 32.0 Å². The standard InChI is InChI=1S/C29H46N8O7/c1-17(2)14-21(27(42)37-13-7-11-23(37)26(41)36-22(16-38)28(43)44)35-25(40)20(15-18-8-4-3-5-9-18)34-24(39)19(30)10-6-12-33-29(31)32/h3-5,8-9,17,19-23,38H,6-7,10-16,30H2,1-2H3,(H,34,39)(H,35,40)(H,36,41)(H,43,44)(H4,31,32,33)/t19-,20-,21-,22-,23-/m0/s1. The number of rotatable bonds is 17. The summed E-state index contributed by atoms with van der Waals surface area (Å²) in [5, 5.41) is 26.3. The van der Waals surface area contributed by atoms with E-state index in [-0.39, 0.29) is 37.7 Å². The molecule has 0 aromatic heterocycles. The van der Waals surface area contributed by atoms with Crippen LogP contribution in [0, 0.1) is 5.92 Å². The van der Waals surface area contributed by atoms with E-state index in [0.717, 1.165) is 5.56 Å². The van der Waals surface area contributed by atoms with E-state index in [2.05, 4.69) is 20.9 Å². The molecule has 5 atom stereocenters. The second-order valence-electron chi connectivity index (χ2n) is 11.3. The van der Waals surface area contributed by atoms with Gasteiger partial charge in [-0.2, -0.15) is 0 Å². The number of aliphatic hydroxyl groups excluding tert-OH is 1. The zero-order chi connectivity index (χ0) is 32.8. The van der Waals surface area contributed by atoms with Gasteiger partial charge in [0.15, 0.2) is 5.96 Å².